The lowest BCUT2D eigenvalue weighted by atomic mass is 10.0. The molecule has 1 rings (SSSR count). The molecule has 0 aliphatic rings. The summed E-state index contributed by atoms with van der Waals surface area (Å²) in [6.45, 7) is 6.57. The first-order valence-electron chi connectivity index (χ1n) is 14.7. The van der Waals surface area contributed by atoms with Gasteiger partial charge < -0.3 is 38.8 Å². The van der Waals surface area contributed by atoms with E-state index >= 15 is 0 Å². The summed E-state index contributed by atoms with van der Waals surface area (Å²) < 4.78 is 13.3. The van der Waals surface area contributed by atoms with E-state index in [4.69, 9.17) is 9.47 Å². The van der Waals surface area contributed by atoms with Gasteiger partial charge >= 0.3 is 6.09 Å². The largest absolute Gasteiger partial charge is 1.00 e. The molecule has 1 aromatic heterocycles. The van der Waals surface area contributed by atoms with Crippen molar-refractivity contribution in [3.05, 3.63) is 17.1 Å². The fourth-order valence-corrected chi connectivity index (χ4v) is 4.89. The van der Waals surface area contributed by atoms with Crippen LogP contribution in [0.25, 0.3) is 0 Å². The first-order chi connectivity index (χ1) is 17.3. The number of unbranched alkanes of at least 4 members (excludes halogenated alkanes) is 16. The van der Waals surface area contributed by atoms with E-state index in [0.29, 0.717) is 19.6 Å². The highest BCUT2D eigenvalue weighted by molar-refractivity contribution is 7.07. The van der Waals surface area contributed by atoms with Gasteiger partial charge in [-0.25, -0.2) is 4.79 Å². The summed E-state index contributed by atoms with van der Waals surface area (Å²) in [5.41, 5.74) is 2.11. The van der Waals surface area contributed by atoms with Gasteiger partial charge in [-0.15, -0.1) is 0 Å². The third-order valence-corrected chi connectivity index (χ3v) is 7.18. The molecule has 1 amide bonds. The molecule has 1 aromatic rings. The summed E-state index contributed by atoms with van der Waals surface area (Å²) in [7, 11) is 0. The van der Waals surface area contributed by atoms with Crippen molar-refractivity contribution in [3.8, 4) is 0 Å². The van der Waals surface area contributed by atoms with Crippen LogP contribution in [-0.2, 0) is 16.0 Å². The minimum atomic E-state index is -0.449. The number of carbonyl (C=O) groups is 1. The van der Waals surface area contributed by atoms with E-state index in [9.17, 15) is 4.79 Å². The lowest BCUT2D eigenvalue weighted by molar-refractivity contribution is -0.692. The van der Waals surface area contributed by atoms with Crippen molar-refractivity contribution >= 4 is 17.4 Å². The van der Waals surface area contributed by atoms with Crippen molar-refractivity contribution in [1.29, 1.82) is 0 Å². The SMILES string of the molecule is CCCCCCCCCCCCCCCCCCNC(=O)OC(CC)OCCCC[n+]1ccsc1.[I-]. The summed E-state index contributed by atoms with van der Waals surface area (Å²) in [6.07, 6.45) is 25.7. The molecule has 1 atom stereocenters. The highest BCUT2D eigenvalue weighted by Gasteiger charge is 2.12. The fourth-order valence-electron chi connectivity index (χ4n) is 4.26. The topological polar surface area (TPSA) is 51.4 Å². The van der Waals surface area contributed by atoms with Crippen LogP contribution < -0.4 is 33.9 Å². The molecule has 1 N–H and O–H groups in total. The van der Waals surface area contributed by atoms with Crippen LogP contribution in [0.4, 0.5) is 4.79 Å². The highest BCUT2D eigenvalue weighted by Crippen LogP contribution is 2.13. The number of alkyl carbamates (subject to hydrolysis) is 1. The predicted molar refractivity (Wildman–Crippen MR) is 148 cm³/mol. The van der Waals surface area contributed by atoms with Crippen molar-refractivity contribution in [3.63, 3.8) is 0 Å². The van der Waals surface area contributed by atoms with Gasteiger partial charge in [-0.1, -0.05) is 121 Å². The zero-order valence-electron chi connectivity index (χ0n) is 23.3. The molecule has 0 aliphatic heterocycles. The molecule has 0 aliphatic carbocycles. The van der Waals surface area contributed by atoms with Crippen molar-refractivity contribution < 1.29 is 42.8 Å². The smallest absolute Gasteiger partial charge is 0.409 e. The lowest BCUT2D eigenvalue weighted by Gasteiger charge is -2.17. The molecule has 36 heavy (non-hydrogen) atoms. The van der Waals surface area contributed by atoms with Gasteiger partial charge in [0.2, 0.25) is 11.8 Å². The number of hydrogen-bond acceptors (Lipinski definition) is 4. The van der Waals surface area contributed by atoms with E-state index in [1.807, 2.05) is 6.92 Å². The van der Waals surface area contributed by atoms with Gasteiger partial charge in [-0.3, -0.25) is 0 Å². The number of rotatable bonds is 25. The minimum absolute atomic E-state index is 0. The number of nitrogens with zero attached hydrogens (tertiary/aromatic N) is 1. The fraction of sp³-hybridized carbons (Fsp3) is 0.862. The van der Waals surface area contributed by atoms with E-state index < -0.39 is 6.29 Å². The number of carbonyl (C=O) groups excluding carboxylic acids is 1. The van der Waals surface area contributed by atoms with Crippen LogP contribution in [0.2, 0.25) is 0 Å². The molecule has 0 radical (unpaired) electrons. The van der Waals surface area contributed by atoms with Crippen molar-refractivity contribution in [2.24, 2.45) is 0 Å². The van der Waals surface area contributed by atoms with Crippen molar-refractivity contribution in [2.45, 2.75) is 149 Å². The maximum Gasteiger partial charge on any atom is 0.409 e. The highest BCUT2D eigenvalue weighted by atomic mass is 127. The van der Waals surface area contributed by atoms with E-state index in [1.54, 1.807) is 11.3 Å². The zero-order chi connectivity index (χ0) is 25.2. The molecule has 1 heterocycles. The van der Waals surface area contributed by atoms with Gasteiger partial charge in [0.15, 0.2) is 6.20 Å². The van der Waals surface area contributed by atoms with Crippen LogP contribution in [0.1, 0.15) is 136 Å². The number of ether oxygens (including phenoxy) is 2. The van der Waals surface area contributed by atoms with Gasteiger partial charge in [0.25, 0.3) is 0 Å². The number of amides is 1. The third kappa shape index (κ3) is 22.8. The summed E-state index contributed by atoms with van der Waals surface area (Å²) in [6, 6.07) is 0. The average Bonchev–Trinajstić information content (AvgIpc) is 3.38. The van der Waals surface area contributed by atoms with Gasteiger partial charge in [0.1, 0.15) is 6.54 Å². The molecule has 0 spiro atoms. The van der Waals surface area contributed by atoms with Gasteiger partial charge in [0, 0.05) is 19.4 Å². The average molecular weight is 639 g/mol. The third-order valence-electron chi connectivity index (χ3n) is 6.51. The van der Waals surface area contributed by atoms with Crippen LogP contribution >= 0.6 is 11.3 Å². The molecule has 1 unspecified atom stereocenters. The second-order valence-corrected chi connectivity index (χ2v) is 10.6. The Bertz CT molecular complexity index is 575. The quantitative estimate of drug-likeness (QED) is 0.0661. The number of halogens is 1. The standard InChI is InChI=1S/C29H54N2O3S.HI/c1-3-5-6-7-8-9-10-11-12-13-14-15-16-17-18-19-22-30-29(32)34-28(4-2)33-25-21-20-23-31-24-26-35-27-31;/h24,26-28H,3-23,25H2,1-2H3;1H. The Hall–Kier alpha value is -0.410. The van der Waals surface area contributed by atoms with Crippen molar-refractivity contribution in [2.75, 3.05) is 13.2 Å². The first kappa shape index (κ1) is 35.6. The first-order valence-corrected chi connectivity index (χ1v) is 15.7. The van der Waals surface area contributed by atoms with Gasteiger partial charge in [0.05, 0.1) is 12.0 Å². The van der Waals surface area contributed by atoms with Crippen LogP contribution in [0.5, 0.6) is 0 Å². The number of aromatic nitrogens is 1. The summed E-state index contributed by atoms with van der Waals surface area (Å²) in [5, 5.41) is 4.95. The molecule has 0 fully saturated rings. The Morgan fingerprint density at radius 1 is 0.806 bits per heavy atom. The maximum atomic E-state index is 12.0. The molecule has 0 bridgehead atoms. The maximum absolute atomic E-state index is 12.0. The molecule has 0 aromatic carbocycles. The van der Waals surface area contributed by atoms with E-state index in [1.165, 1.54) is 96.3 Å². The number of aryl methyl sites for hydroxylation is 1. The summed E-state index contributed by atoms with van der Waals surface area (Å²) >= 11 is 1.70. The van der Waals surface area contributed by atoms with Crippen LogP contribution in [0.15, 0.2) is 17.1 Å². The number of nitrogens with one attached hydrogen (secondary N) is 1. The molecular weight excluding hydrogens is 583 g/mol. The Labute approximate surface area is 243 Å². The second kappa shape index (κ2) is 27.6. The van der Waals surface area contributed by atoms with Crippen LogP contribution in [0.3, 0.4) is 0 Å². The van der Waals surface area contributed by atoms with E-state index in [0.717, 1.165) is 25.8 Å². The Kier molecular flexibility index (Phi) is 27.3. The summed E-state index contributed by atoms with van der Waals surface area (Å²) in [5.74, 6) is 0. The zero-order valence-corrected chi connectivity index (χ0v) is 26.3. The van der Waals surface area contributed by atoms with Gasteiger partial charge in [-0.2, -0.15) is 4.57 Å². The Balaban J connectivity index is 0.0000122. The summed E-state index contributed by atoms with van der Waals surface area (Å²) in [4.78, 5) is 12.0. The van der Waals surface area contributed by atoms with Crippen molar-refractivity contribution in [1.82, 2.24) is 5.32 Å². The van der Waals surface area contributed by atoms with Crippen LogP contribution in [0, 0.1) is 0 Å². The molecule has 7 heteroatoms. The number of thiazole rings is 1. The lowest BCUT2D eigenvalue weighted by Crippen LogP contribution is -3.00. The molecule has 212 valence electrons. The number of hydrogen-bond donors (Lipinski definition) is 1. The Morgan fingerprint density at radius 2 is 1.36 bits per heavy atom. The molecule has 5 nitrogen and oxygen atoms in total. The second-order valence-electron chi connectivity index (χ2n) is 9.82. The van der Waals surface area contributed by atoms with E-state index in [-0.39, 0.29) is 30.1 Å². The molecular formula is C29H55IN2O3S. The van der Waals surface area contributed by atoms with Gasteiger partial charge in [-0.05, 0) is 12.8 Å². The van der Waals surface area contributed by atoms with E-state index in [2.05, 4.69) is 33.9 Å². The molecule has 0 saturated carbocycles. The Morgan fingerprint density at radius 3 is 1.86 bits per heavy atom. The predicted octanol–water partition coefficient (Wildman–Crippen LogP) is 5.56. The monoisotopic (exact) mass is 638 g/mol. The normalized spacial score (nSPS) is 11.7. The molecule has 0 saturated heterocycles. The minimum Gasteiger partial charge on any atom is -1.00 e. The van der Waals surface area contributed by atoms with Crippen LogP contribution in [-0.4, -0.2) is 25.5 Å².